The van der Waals surface area contributed by atoms with E-state index in [1.807, 2.05) is 58.0 Å². The van der Waals surface area contributed by atoms with E-state index in [0.717, 1.165) is 52.9 Å². The van der Waals surface area contributed by atoms with Gasteiger partial charge in [-0.15, -0.1) is 0 Å². The number of aromatic nitrogens is 2. The van der Waals surface area contributed by atoms with Crippen molar-refractivity contribution in [2.24, 2.45) is 0 Å². The summed E-state index contributed by atoms with van der Waals surface area (Å²) in [4.78, 5) is 25.2. The molecule has 1 N–H and O–H groups in total. The highest BCUT2D eigenvalue weighted by Crippen LogP contribution is 2.41. The first-order valence-electron chi connectivity index (χ1n) is 12.9. The van der Waals surface area contributed by atoms with Crippen LogP contribution in [0.4, 0.5) is 10.6 Å². The zero-order chi connectivity index (χ0) is 28.9. The Bertz CT molecular complexity index is 1340. The number of halogens is 2. The number of nitrogens with one attached hydrogen (secondary N) is 1. The van der Waals surface area contributed by atoms with Gasteiger partial charge in [-0.25, -0.2) is 4.79 Å². The molecule has 0 unspecified atom stereocenters. The van der Waals surface area contributed by atoms with Crippen molar-refractivity contribution in [1.29, 1.82) is 0 Å². The van der Waals surface area contributed by atoms with Crippen LogP contribution in [0.5, 0.6) is 11.6 Å². The highest BCUT2D eigenvalue weighted by atomic mass is 35.5. The van der Waals surface area contributed by atoms with E-state index in [9.17, 15) is 4.79 Å². The third kappa shape index (κ3) is 8.08. The van der Waals surface area contributed by atoms with E-state index in [2.05, 4.69) is 20.2 Å². The predicted octanol–water partition coefficient (Wildman–Crippen LogP) is 7.41. The molecule has 0 aliphatic carbocycles. The van der Waals surface area contributed by atoms with E-state index in [0.29, 0.717) is 22.5 Å². The second-order valence-corrected chi connectivity index (χ2v) is 12.7. The van der Waals surface area contributed by atoms with E-state index in [1.54, 1.807) is 25.6 Å². The van der Waals surface area contributed by atoms with Crippen molar-refractivity contribution < 1.29 is 19.0 Å². The molecule has 1 aromatic heterocycles. The topological polar surface area (TPSA) is 85.8 Å². The van der Waals surface area contributed by atoms with E-state index in [-0.39, 0.29) is 5.54 Å². The molecule has 0 radical (unpaired) electrons. The standard InChI is InChI=1S/C29H34Cl2N4O4S/c1-28(2,3)39-27(36)34-29(4)11-13-35(14-12-29)24-16-32-17-25(33-24)38-18-19-9-10-21(37-5)23(15-19)40-22-8-6-7-20(30)26(22)31/h6-10,15-17H,11-14,18H2,1-5H3,(H,34,36). The van der Waals surface area contributed by atoms with Crippen LogP contribution in [0.3, 0.4) is 0 Å². The number of methoxy groups -OCH3 is 1. The van der Waals surface area contributed by atoms with Crippen molar-refractivity contribution in [2.75, 3.05) is 25.1 Å². The monoisotopic (exact) mass is 604 g/mol. The van der Waals surface area contributed by atoms with Crippen LogP contribution >= 0.6 is 35.0 Å². The lowest BCUT2D eigenvalue weighted by Gasteiger charge is -2.40. The molecule has 40 heavy (non-hydrogen) atoms. The maximum Gasteiger partial charge on any atom is 0.408 e. The van der Waals surface area contributed by atoms with Gasteiger partial charge in [0.25, 0.3) is 0 Å². The van der Waals surface area contributed by atoms with Gasteiger partial charge in [0, 0.05) is 23.5 Å². The van der Waals surface area contributed by atoms with Gasteiger partial charge in [-0.3, -0.25) is 4.98 Å². The van der Waals surface area contributed by atoms with E-state index in [1.165, 1.54) is 11.8 Å². The molecule has 2 aromatic carbocycles. The number of hydrogen-bond donors (Lipinski definition) is 1. The van der Waals surface area contributed by atoms with Crippen LogP contribution in [0.1, 0.15) is 46.1 Å². The lowest BCUT2D eigenvalue weighted by atomic mass is 9.90. The minimum Gasteiger partial charge on any atom is -0.496 e. The lowest BCUT2D eigenvalue weighted by molar-refractivity contribution is 0.0448. The van der Waals surface area contributed by atoms with Crippen molar-refractivity contribution in [3.63, 3.8) is 0 Å². The Labute approximate surface area is 249 Å². The number of anilines is 1. The van der Waals surface area contributed by atoms with Gasteiger partial charge in [-0.2, -0.15) is 4.98 Å². The maximum atomic E-state index is 12.3. The molecule has 1 saturated heterocycles. The van der Waals surface area contributed by atoms with Crippen molar-refractivity contribution in [3.05, 3.63) is 64.4 Å². The number of rotatable bonds is 8. The summed E-state index contributed by atoms with van der Waals surface area (Å²) in [6, 6.07) is 11.4. The molecular weight excluding hydrogens is 571 g/mol. The Kier molecular flexibility index (Phi) is 9.59. The summed E-state index contributed by atoms with van der Waals surface area (Å²) < 4.78 is 17.0. The Balaban J connectivity index is 1.37. The van der Waals surface area contributed by atoms with Gasteiger partial charge in [0.05, 0.1) is 34.4 Å². The normalized spacial score (nSPS) is 14.9. The van der Waals surface area contributed by atoms with Gasteiger partial charge in [0.2, 0.25) is 5.88 Å². The van der Waals surface area contributed by atoms with Crippen LogP contribution < -0.4 is 19.7 Å². The number of hydrogen-bond acceptors (Lipinski definition) is 8. The molecule has 2 heterocycles. The first-order valence-corrected chi connectivity index (χ1v) is 14.5. The number of benzene rings is 2. The molecular formula is C29H34Cl2N4O4S. The summed E-state index contributed by atoms with van der Waals surface area (Å²) in [5, 5.41) is 4.04. The quantitative estimate of drug-likeness (QED) is 0.284. The highest BCUT2D eigenvalue weighted by Gasteiger charge is 2.33. The Morgan fingerprint density at radius 2 is 1.88 bits per heavy atom. The Hall–Kier alpha value is -2.88. The first kappa shape index (κ1) is 30.1. The molecule has 0 spiro atoms. The molecule has 0 saturated carbocycles. The van der Waals surface area contributed by atoms with Crippen LogP contribution in [0.25, 0.3) is 0 Å². The summed E-state index contributed by atoms with van der Waals surface area (Å²) >= 11 is 14.1. The van der Waals surface area contributed by atoms with Gasteiger partial charge >= 0.3 is 6.09 Å². The van der Waals surface area contributed by atoms with Crippen molar-refractivity contribution >= 4 is 46.9 Å². The van der Waals surface area contributed by atoms with Crippen molar-refractivity contribution in [1.82, 2.24) is 15.3 Å². The smallest absolute Gasteiger partial charge is 0.408 e. The molecule has 8 nitrogen and oxygen atoms in total. The fourth-order valence-corrected chi connectivity index (χ4v) is 5.71. The van der Waals surface area contributed by atoms with Crippen LogP contribution in [-0.2, 0) is 11.3 Å². The SMILES string of the molecule is COc1ccc(COc2cncc(N3CCC(C)(NC(=O)OC(C)(C)C)CC3)n2)cc1Sc1cccc(Cl)c1Cl. The third-order valence-corrected chi connectivity index (χ3v) is 8.37. The largest absolute Gasteiger partial charge is 0.496 e. The zero-order valence-electron chi connectivity index (χ0n) is 23.3. The first-order chi connectivity index (χ1) is 18.9. The Morgan fingerprint density at radius 3 is 2.58 bits per heavy atom. The van der Waals surface area contributed by atoms with Gasteiger partial charge < -0.3 is 24.4 Å². The molecule has 4 rings (SSSR count). The summed E-state index contributed by atoms with van der Waals surface area (Å²) in [5.41, 5.74) is 0.0585. The van der Waals surface area contributed by atoms with Crippen LogP contribution in [0.15, 0.2) is 58.6 Å². The number of nitrogens with zero attached hydrogens (tertiary/aromatic N) is 3. The Morgan fingerprint density at radius 1 is 1.12 bits per heavy atom. The molecule has 1 aliphatic heterocycles. The second kappa shape index (κ2) is 12.7. The fraction of sp³-hybridized carbons (Fsp3) is 0.414. The van der Waals surface area contributed by atoms with Crippen LogP contribution in [0.2, 0.25) is 10.0 Å². The lowest BCUT2D eigenvalue weighted by Crippen LogP contribution is -2.54. The fourth-order valence-electron chi connectivity index (χ4n) is 4.19. The van der Waals surface area contributed by atoms with E-state index in [4.69, 9.17) is 37.4 Å². The molecule has 1 amide bonds. The third-order valence-electron chi connectivity index (χ3n) is 6.34. The number of carbonyl (C=O) groups excluding carboxylic acids is 1. The molecule has 1 fully saturated rings. The van der Waals surface area contributed by atoms with Gasteiger partial charge in [-0.1, -0.05) is 47.1 Å². The minimum absolute atomic E-state index is 0.302. The zero-order valence-corrected chi connectivity index (χ0v) is 25.6. The molecule has 214 valence electrons. The molecule has 0 atom stereocenters. The minimum atomic E-state index is -0.534. The maximum absolute atomic E-state index is 12.3. The van der Waals surface area contributed by atoms with Gasteiger partial charge in [-0.05, 0) is 70.4 Å². The summed E-state index contributed by atoms with van der Waals surface area (Å²) in [7, 11) is 1.63. The predicted molar refractivity (Wildman–Crippen MR) is 159 cm³/mol. The number of amides is 1. The number of alkyl carbamates (subject to hydrolysis) is 1. The number of piperidine rings is 1. The average Bonchev–Trinajstić information content (AvgIpc) is 2.89. The van der Waals surface area contributed by atoms with Gasteiger partial charge in [0.15, 0.2) is 5.82 Å². The molecule has 0 bridgehead atoms. The van der Waals surface area contributed by atoms with Gasteiger partial charge in [0.1, 0.15) is 18.0 Å². The second-order valence-electron chi connectivity index (χ2n) is 10.8. The van der Waals surface area contributed by atoms with E-state index >= 15 is 0 Å². The van der Waals surface area contributed by atoms with Crippen molar-refractivity contribution in [3.8, 4) is 11.6 Å². The van der Waals surface area contributed by atoms with E-state index < -0.39 is 11.7 Å². The molecule has 11 heteroatoms. The van der Waals surface area contributed by atoms with Crippen LogP contribution in [0, 0.1) is 0 Å². The average molecular weight is 606 g/mol. The molecule has 1 aliphatic rings. The molecule has 3 aromatic rings. The number of ether oxygens (including phenoxy) is 3. The summed E-state index contributed by atoms with van der Waals surface area (Å²) in [6.07, 6.45) is 4.44. The van der Waals surface area contributed by atoms with Crippen LogP contribution in [-0.4, -0.2) is 47.4 Å². The highest BCUT2D eigenvalue weighted by molar-refractivity contribution is 7.99. The number of carbonyl (C=O) groups is 1. The summed E-state index contributed by atoms with van der Waals surface area (Å²) in [6.45, 7) is 9.35. The summed E-state index contributed by atoms with van der Waals surface area (Å²) in [5.74, 6) is 1.89. The van der Waals surface area contributed by atoms with Crippen molar-refractivity contribution in [2.45, 2.75) is 68.1 Å².